The molecule has 0 spiro atoms. The van der Waals surface area contributed by atoms with Crippen molar-refractivity contribution in [2.45, 2.75) is 12.8 Å². The van der Waals surface area contributed by atoms with Gasteiger partial charge in [0.25, 0.3) is 5.91 Å². The molecule has 1 aliphatic heterocycles. The first kappa shape index (κ1) is 12.0. The molecule has 100 valence electrons. The van der Waals surface area contributed by atoms with Gasteiger partial charge in [-0.15, -0.1) is 0 Å². The molecule has 5 heteroatoms. The third kappa shape index (κ3) is 1.86. The Hall–Kier alpha value is -2.01. The maximum atomic E-state index is 11.9. The minimum absolute atomic E-state index is 0.110. The van der Waals surface area contributed by atoms with Gasteiger partial charge in [-0.25, -0.2) is 0 Å². The fourth-order valence-electron chi connectivity index (χ4n) is 2.65. The molecule has 0 atom stereocenters. The Bertz CT molecular complexity index is 646. The maximum absolute atomic E-state index is 11.9. The summed E-state index contributed by atoms with van der Waals surface area (Å²) in [6, 6.07) is 4.09. The van der Waals surface area contributed by atoms with Crippen LogP contribution in [0.15, 0.2) is 12.1 Å². The zero-order valence-electron chi connectivity index (χ0n) is 10.9. The van der Waals surface area contributed by atoms with Crippen molar-refractivity contribution in [3.8, 4) is 5.75 Å². The number of nitrogens with one attached hydrogen (secondary N) is 2. The Morgan fingerprint density at radius 2 is 2.37 bits per heavy atom. The van der Waals surface area contributed by atoms with Crippen molar-refractivity contribution >= 4 is 16.8 Å². The third-order valence-electron chi connectivity index (χ3n) is 3.56. The summed E-state index contributed by atoms with van der Waals surface area (Å²) in [7, 11) is 1.63. The molecule has 3 rings (SSSR count). The van der Waals surface area contributed by atoms with Crippen LogP contribution >= 0.6 is 0 Å². The van der Waals surface area contributed by atoms with Gasteiger partial charge in [-0.1, -0.05) is 0 Å². The molecule has 0 aliphatic carbocycles. The summed E-state index contributed by atoms with van der Waals surface area (Å²) in [4.78, 5) is 15.1. The van der Waals surface area contributed by atoms with Crippen molar-refractivity contribution in [2.75, 3.05) is 20.2 Å². The highest BCUT2D eigenvalue weighted by atomic mass is 16.5. The van der Waals surface area contributed by atoms with Gasteiger partial charge in [-0.2, -0.15) is 0 Å². The average molecular weight is 259 g/mol. The molecule has 1 amide bonds. The minimum atomic E-state index is -0.110. The monoisotopic (exact) mass is 259 g/mol. The fourth-order valence-corrected chi connectivity index (χ4v) is 2.65. The molecule has 1 aliphatic rings. The number of H-pyrrole nitrogens is 1. The molecule has 0 fully saturated rings. The summed E-state index contributed by atoms with van der Waals surface area (Å²) in [6.45, 7) is 1.24. The molecule has 19 heavy (non-hydrogen) atoms. The number of carbonyl (C=O) groups excluding carboxylic acids is 1. The number of carbonyl (C=O) groups is 1. The number of amides is 1. The van der Waals surface area contributed by atoms with Crippen LogP contribution in [0.2, 0.25) is 0 Å². The van der Waals surface area contributed by atoms with E-state index in [1.807, 2.05) is 6.07 Å². The fraction of sp³-hybridized carbons (Fsp3) is 0.357. The normalized spacial score (nSPS) is 13.4. The lowest BCUT2D eigenvalue weighted by Crippen LogP contribution is -2.20. The van der Waals surface area contributed by atoms with E-state index in [0.29, 0.717) is 18.7 Å². The quantitative estimate of drug-likeness (QED) is 0.768. The van der Waals surface area contributed by atoms with Crippen LogP contribution in [-0.4, -0.2) is 31.1 Å². The van der Waals surface area contributed by atoms with E-state index in [2.05, 4.69) is 16.4 Å². The van der Waals surface area contributed by atoms with Gasteiger partial charge in [0.15, 0.2) is 0 Å². The number of rotatable bonds is 3. The first-order valence-electron chi connectivity index (χ1n) is 6.47. The number of ether oxygens (including phenoxy) is 1. The van der Waals surface area contributed by atoms with E-state index in [-0.39, 0.29) is 5.91 Å². The zero-order chi connectivity index (χ0) is 13.4. The van der Waals surface area contributed by atoms with Gasteiger partial charge >= 0.3 is 0 Å². The lowest BCUT2D eigenvalue weighted by atomic mass is 10.0. The highest BCUT2D eigenvalue weighted by Crippen LogP contribution is 2.33. The molecule has 0 radical (unpaired) electrons. The summed E-state index contributed by atoms with van der Waals surface area (Å²) in [6.07, 6.45) is 1.59. The van der Waals surface area contributed by atoms with Crippen LogP contribution < -0.4 is 15.8 Å². The van der Waals surface area contributed by atoms with Gasteiger partial charge in [0, 0.05) is 24.4 Å². The molecule has 2 aromatic rings. The second-order valence-corrected chi connectivity index (χ2v) is 4.70. The molecule has 2 heterocycles. The molecule has 0 saturated heterocycles. The smallest absolute Gasteiger partial charge is 0.267 e. The van der Waals surface area contributed by atoms with Gasteiger partial charge in [0.1, 0.15) is 11.4 Å². The second-order valence-electron chi connectivity index (χ2n) is 4.70. The van der Waals surface area contributed by atoms with E-state index >= 15 is 0 Å². The molecule has 5 nitrogen and oxygen atoms in total. The van der Waals surface area contributed by atoms with Crippen LogP contribution in [0.5, 0.6) is 5.75 Å². The molecular weight excluding hydrogens is 242 g/mol. The van der Waals surface area contributed by atoms with E-state index in [0.717, 1.165) is 35.2 Å². The topological polar surface area (TPSA) is 80.1 Å². The second kappa shape index (κ2) is 4.59. The third-order valence-corrected chi connectivity index (χ3v) is 3.56. The predicted molar refractivity (Wildman–Crippen MR) is 73.6 cm³/mol. The van der Waals surface area contributed by atoms with Crippen molar-refractivity contribution in [1.29, 1.82) is 0 Å². The number of aromatic nitrogens is 1. The van der Waals surface area contributed by atoms with Crippen LogP contribution in [0.4, 0.5) is 0 Å². The summed E-state index contributed by atoms with van der Waals surface area (Å²) < 4.78 is 5.59. The van der Waals surface area contributed by atoms with Gasteiger partial charge < -0.3 is 20.8 Å². The molecular formula is C14H17N3O2. The van der Waals surface area contributed by atoms with E-state index in [1.165, 1.54) is 5.56 Å². The zero-order valence-corrected chi connectivity index (χ0v) is 10.9. The van der Waals surface area contributed by atoms with Crippen molar-refractivity contribution in [3.05, 3.63) is 29.0 Å². The van der Waals surface area contributed by atoms with Crippen molar-refractivity contribution < 1.29 is 9.53 Å². The summed E-state index contributed by atoms with van der Waals surface area (Å²) in [5.41, 5.74) is 9.40. The number of benzene rings is 1. The van der Waals surface area contributed by atoms with Crippen LogP contribution in [0.1, 0.15) is 21.6 Å². The summed E-state index contributed by atoms with van der Waals surface area (Å²) in [5.74, 6) is 0.814. The molecule has 0 saturated carbocycles. The van der Waals surface area contributed by atoms with E-state index in [4.69, 9.17) is 10.5 Å². The predicted octanol–water partition coefficient (Wildman–Crippen LogP) is 0.964. The molecule has 1 aromatic heterocycles. The molecule has 0 bridgehead atoms. The van der Waals surface area contributed by atoms with Crippen LogP contribution in [0, 0.1) is 0 Å². The Morgan fingerprint density at radius 3 is 3.11 bits per heavy atom. The van der Waals surface area contributed by atoms with Crippen molar-refractivity contribution in [1.82, 2.24) is 10.3 Å². The molecule has 4 N–H and O–H groups in total. The maximum Gasteiger partial charge on any atom is 0.267 e. The lowest BCUT2D eigenvalue weighted by molar-refractivity contribution is 0.0958. The Labute approximate surface area is 111 Å². The molecule has 1 aromatic carbocycles. The largest absolute Gasteiger partial charge is 0.493 e. The van der Waals surface area contributed by atoms with Crippen LogP contribution in [0.25, 0.3) is 10.9 Å². The van der Waals surface area contributed by atoms with E-state index in [1.54, 1.807) is 7.05 Å². The van der Waals surface area contributed by atoms with E-state index in [9.17, 15) is 4.79 Å². The first-order valence-corrected chi connectivity index (χ1v) is 6.47. The highest BCUT2D eigenvalue weighted by molar-refractivity contribution is 6.01. The molecule has 0 unspecified atom stereocenters. The summed E-state index contributed by atoms with van der Waals surface area (Å²) in [5, 5.41) is 3.69. The number of hydrogen-bond donors (Lipinski definition) is 3. The van der Waals surface area contributed by atoms with Gasteiger partial charge in [-0.05, 0) is 36.2 Å². The SMILES string of the molecule is CNC(=O)c1[nH]c2cc3c(cc2c1CCN)OCC3. The number of aromatic amines is 1. The van der Waals surface area contributed by atoms with Gasteiger partial charge in [0.2, 0.25) is 0 Å². The first-order chi connectivity index (χ1) is 9.24. The van der Waals surface area contributed by atoms with Crippen molar-refractivity contribution in [3.63, 3.8) is 0 Å². The van der Waals surface area contributed by atoms with Crippen LogP contribution in [-0.2, 0) is 12.8 Å². The van der Waals surface area contributed by atoms with Gasteiger partial charge in [-0.3, -0.25) is 4.79 Å². The number of hydrogen-bond acceptors (Lipinski definition) is 3. The van der Waals surface area contributed by atoms with Gasteiger partial charge in [0.05, 0.1) is 6.61 Å². The lowest BCUT2D eigenvalue weighted by Gasteiger charge is -2.03. The van der Waals surface area contributed by atoms with E-state index < -0.39 is 0 Å². The van der Waals surface area contributed by atoms with Crippen LogP contribution in [0.3, 0.4) is 0 Å². The number of fused-ring (bicyclic) bond motifs is 2. The standard InChI is InChI=1S/C14H17N3O2/c1-16-14(18)13-9(2-4-15)10-7-12-8(3-5-19-12)6-11(10)17-13/h6-7,17H,2-5,15H2,1H3,(H,16,18). The Balaban J connectivity index is 2.21. The summed E-state index contributed by atoms with van der Waals surface area (Å²) >= 11 is 0. The average Bonchev–Trinajstić information content (AvgIpc) is 3.00. The Morgan fingerprint density at radius 1 is 1.53 bits per heavy atom. The number of nitrogens with two attached hydrogens (primary N) is 1. The van der Waals surface area contributed by atoms with Crippen molar-refractivity contribution in [2.24, 2.45) is 5.73 Å². The highest BCUT2D eigenvalue weighted by Gasteiger charge is 2.20. The minimum Gasteiger partial charge on any atom is -0.493 e. The Kier molecular flexibility index (Phi) is 2.91.